The number of nitrogens with zero attached hydrogens (tertiary/aromatic N) is 3. The quantitative estimate of drug-likeness (QED) is 0.174. The van der Waals surface area contributed by atoms with Gasteiger partial charge in [-0.2, -0.15) is 0 Å². The third kappa shape index (κ3) is 5.89. The highest BCUT2D eigenvalue weighted by Gasteiger charge is 2.22. The second-order valence-corrected chi connectivity index (χ2v) is 16.7. The van der Waals surface area contributed by atoms with Gasteiger partial charge in [-0.05, 0) is 64.7 Å². The average Bonchev–Trinajstić information content (AvgIpc) is 4.04. The van der Waals surface area contributed by atoms with Crippen molar-refractivity contribution < 1.29 is 4.42 Å². The normalized spacial score (nSPS) is 11.7. The fraction of sp³-hybridized carbons (Fsp3) is 0.0345. The van der Waals surface area contributed by atoms with Crippen LogP contribution in [0.25, 0.3) is 125 Å². The van der Waals surface area contributed by atoms with Crippen LogP contribution < -0.4 is 0 Å². The Morgan fingerprint density at radius 2 is 1.05 bits per heavy atom. The molecule has 0 amide bonds. The zero-order valence-corrected chi connectivity index (χ0v) is 35.5. The van der Waals surface area contributed by atoms with E-state index in [1.165, 1.54) is 31.3 Å². The van der Waals surface area contributed by atoms with Crippen LogP contribution in [-0.2, 0) is 0 Å². The largest absolute Gasteiger partial charge is 0.455 e. The van der Waals surface area contributed by atoms with Crippen LogP contribution in [0.3, 0.4) is 0 Å². The summed E-state index contributed by atoms with van der Waals surface area (Å²) in [6, 6.07) is 71.4. The van der Waals surface area contributed by atoms with Gasteiger partial charge in [0.2, 0.25) is 5.95 Å². The van der Waals surface area contributed by atoms with Crippen molar-refractivity contribution in [2.75, 3.05) is 0 Å². The van der Waals surface area contributed by atoms with Crippen molar-refractivity contribution in [3.8, 4) is 50.6 Å². The predicted molar refractivity (Wildman–Crippen MR) is 267 cm³/mol. The van der Waals surface area contributed by atoms with Crippen LogP contribution in [0.4, 0.5) is 0 Å². The van der Waals surface area contributed by atoms with Crippen LogP contribution in [0.2, 0.25) is 0 Å². The summed E-state index contributed by atoms with van der Waals surface area (Å²) in [5.74, 6) is 0.628. The van der Waals surface area contributed by atoms with E-state index in [4.69, 9.17) is 14.4 Å². The molecular formula is C58H39N3OS. The Kier molecular flexibility index (Phi) is 8.76. The SMILES string of the molecule is CC.c1ccc(-c2nc(-n3c4ccc(-c5cccc6c5oc5ccccc56)cc4c4cccc(-c5cccc(-c6cccc7sc8ccccc8c67)c5)c43)nc3ccccc23)cc1. The molecule has 9 aromatic carbocycles. The summed E-state index contributed by atoms with van der Waals surface area (Å²) in [6.07, 6.45) is 0. The molecule has 5 heteroatoms. The molecule has 0 N–H and O–H groups in total. The number of furan rings is 1. The first-order valence-corrected chi connectivity index (χ1v) is 22.4. The number of hydrogen-bond donors (Lipinski definition) is 0. The van der Waals surface area contributed by atoms with Gasteiger partial charge in [0.15, 0.2) is 0 Å². The first-order chi connectivity index (χ1) is 31.2. The van der Waals surface area contributed by atoms with E-state index >= 15 is 0 Å². The van der Waals surface area contributed by atoms with E-state index in [-0.39, 0.29) is 0 Å². The molecular weight excluding hydrogens is 787 g/mol. The van der Waals surface area contributed by atoms with Crippen molar-refractivity contribution in [3.63, 3.8) is 0 Å². The first kappa shape index (κ1) is 36.9. The Bertz CT molecular complexity index is 3890. The molecule has 0 unspecified atom stereocenters. The van der Waals surface area contributed by atoms with Gasteiger partial charge in [0.25, 0.3) is 0 Å². The lowest BCUT2D eigenvalue weighted by Gasteiger charge is -2.14. The summed E-state index contributed by atoms with van der Waals surface area (Å²) in [7, 11) is 0. The molecule has 13 aromatic rings. The molecule has 0 spiro atoms. The number of para-hydroxylation sites is 4. The molecule has 0 saturated carbocycles. The number of thiophene rings is 1. The highest BCUT2D eigenvalue weighted by atomic mass is 32.1. The molecule has 0 fully saturated rings. The topological polar surface area (TPSA) is 43.9 Å². The van der Waals surface area contributed by atoms with Crippen LogP contribution in [0.5, 0.6) is 0 Å². The van der Waals surface area contributed by atoms with Gasteiger partial charge in [-0.25, -0.2) is 9.97 Å². The predicted octanol–water partition coefficient (Wildman–Crippen LogP) is 16.7. The maximum absolute atomic E-state index is 6.55. The highest BCUT2D eigenvalue weighted by Crippen LogP contribution is 2.44. The second kappa shape index (κ2) is 14.9. The number of benzene rings is 9. The molecule has 0 aliphatic rings. The molecule has 298 valence electrons. The fourth-order valence-electron chi connectivity index (χ4n) is 9.50. The highest BCUT2D eigenvalue weighted by molar-refractivity contribution is 7.25. The summed E-state index contributed by atoms with van der Waals surface area (Å²) in [5.41, 5.74) is 13.5. The van der Waals surface area contributed by atoms with Gasteiger partial charge < -0.3 is 4.42 Å². The van der Waals surface area contributed by atoms with Crippen LogP contribution in [0, 0.1) is 0 Å². The summed E-state index contributed by atoms with van der Waals surface area (Å²) in [4.78, 5) is 10.8. The van der Waals surface area contributed by atoms with Gasteiger partial charge in [0.1, 0.15) is 11.2 Å². The monoisotopic (exact) mass is 825 g/mol. The molecule has 0 atom stereocenters. The number of hydrogen-bond acceptors (Lipinski definition) is 4. The van der Waals surface area contributed by atoms with Crippen molar-refractivity contribution in [1.29, 1.82) is 0 Å². The lowest BCUT2D eigenvalue weighted by atomic mass is 9.95. The Labute approximate surface area is 368 Å². The first-order valence-electron chi connectivity index (χ1n) is 21.6. The van der Waals surface area contributed by atoms with Crippen molar-refractivity contribution in [3.05, 3.63) is 200 Å². The van der Waals surface area contributed by atoms with E-state index in [0.29, 0.717) is 5.95 Å². The number of fused-ring (bicyclic) bond motifs is 10. The zero-order valence-electron chi connectivity index (χ0n) is 34.7. The number of aromatic nitrogens is 3. The Balaban J connectivity index is 0.00000208. The molecule has 4 nitrogen and oxygen atoms in total. The molecule has 63 heavy (non-hydrogen) atoms. The smallest absolute Gasteiger partial charge is 0.235 e. The van der Waals surface area contributed by atoms with Crippen LogP contribution in [0.1, 0.15) is 13.8 Å². The summed E-state index contributed by atoms with van der Waals surface area (Å²) >= 11 is 1.85. The van der Waals surface area contributed by atoms with Gasteiger partial charge in [-0.3, -0.25) is 4.57 Å². The summed E-state index contributed by atoms with van der Waals surface area (Å²) in [5, 5.41) is 8.09. The molecule has 0 bridgehead atoms. The van der Waals surface area contributed by atoms with Gasteiger partial charge >= 0.3 is 0 Å². The van der Waals surface area contributed by atoms with E-state index in [2.05, 4.69) is 187 Å². The molecule has 0 aliphatic heterocycles. The molecule has 0 saturated heterocycles. The number of rotatable bonds is 5. The minimum absolute atomic E-state index is 0.628. The van der Waals surface area contributed by atoms with Gasteiger partial charge in [-0.1, -0.05) is 172 Å². The van der Waals surface area contributed by atoms with E-state index in [1.807, 2.05) is 43.4 Å². The van der Waals surface area contributed by atoms with E-state index < -0.39 is 0 Å². The zero-order chi connectivity index (χ0) is 42.0. The van der Waals surface area contributed by atoms with Gasteiger partial charge in [-0.15, -0.1) is 11.3 Å². The van der Waals surface area contributed by atoms with E-state index in [9.17, 15) is 0 Å². The van der Waals surface area contributed by atoms with Crippen molar-refractivity contribution >= 4 is 86.2 Å². The Morgan fingerprint density at radius 1 is 0.429 bits per heavy atom. The van der Waals surface area contributed by atoms with Crippen LogP contribution in [0.15, 0.2) is 205 Å². The van der Waals surface area contributed by atoms with Crippen molar-refractivity contribution in [2.24, 2.45) is 0 Å². The van der Waals surface area contributed by atoms with Crippen molar-refractivity contribution in [1.82, 2.24) is 14.5 Å². The molecule has 13 rings (SSSR count). The van der Waals surface area contributed by atoms with E-state index in [0.717, 1.165) is 88.2 Å². The van der Waals surface area contributed by atoms with Crippen LogP contribution in [-0.4, -0.2) is 14.5 Å². The van der Waals surface area contributed by atoms with Crippen LogP contribution >= 0.6 is 11.3 Å². The molecule has 4 heterocycles. The standard InChI is InChI=1S/C56H33N3OS.C2H6/c1-2-14-34(15-3-1)53-44-19-4-7-26-47(44)57-56(58-53)59-48-31-30-37(40-23-12-25-43-41-18-5-8-27-49(41)60-55(40)43)33-46(48)42-24-11-22-39(54(42)59)36-17-10-16-35(32-36)38-21-13-29-51-52(38)45-20-6-9-28-50(45)61-51;1-2/h1-33H;1-2H3. The third-order valence-corrected chi connectivity index (χ3v) is 13.4. The minimum Gasteiger partial charge on any atom is -0.455 e. The minimum atomic E-state index is 0.628. The fourth-order valence-corrected chi connectivity index (χ4v) is 10.6. The summed E-state index contributed by atoms with van der Waals surface area (Å²) in [6.45, 7) is 4.00. The Hall–Kier alpha value is -7.86. The maximum Gasteiger partial charge on any atom is 0.235 e. The Morgan fingerprint density at radius 3 is 1.92 bits per heavy atom. The second-order valence-electron chi connectivity index (χ2n) is 15.7. The lowest BCUT2D eigenvalue weighted by molar-refractivity contribution is 0.670. The van der Waals surface area contributed by atoms with Gasteiger partial charge in [0, 0.05) is 63.8 Å². The van der Waals surface area contributed by atoms with Gasteiger partial charge in [0.05, 0.1) is 22.2 Å². The average molecular weight is 826 g/mol. The maximum atomic E-state index is 6.55. The third-order valence-electron chi connectivity index (χ3n) is 12.2. The van der Waals surface area contributed by atoms with Crippen molar-refractivity contribution in [2.45, 2.75) is 13.8 Å². The van der Waals surface area contributed by atoms with E-state index in [1.54, 1.807) is 0 Å². The molecule has 0 radical (unpaired) electrons. The lowest BCUT2D eigenvalue weighted by Crippen LogP contribution is -2.04. The summed E-state index contributed by atoms with van der Waals surface area (Å²) < 4.78 is 11.4. The molecule has 4 aromatic heterocycles. The molecule has 0 aliphatic carbocycles.